The zero-order chi connectivity index (χ0) is 17.9. The molecule has 24 heavy (non-hydrogen) atoms. The third-order valence-corrected chi connectivity index (χ3v) is 4.17. The van der Waals surface area contributed by atoms with Crippen molar-refractivity contribution in [2.24, 2.45) is 5.92 Å². The first-order chi connectivity index (χ1) is 11.3. The molecule has 0 radical (unpaired) electrons. The third-order valence-electron chi connectivity index (χ3n) is 4.17. The molecule has 8 nitrogen and oxygen atoms in total. The minimum Gasteiger partial charge on any atom is -0.481 e. The summed E-state index contributed by atoms with van der Waals surface area (Å²) in [6.45, 7) is 4.09. The smallest absolute Gasteiger partial charge is 0.308 e. The number of nitrogens with zero attached hydrogens (tertiary/aromatic N) is 4. The number of rotatable bonds is 4. The maximum atomic E-state index is 12.4. The SMILES string of the molecule is Cc1ncc(C(=O)N(C)CC(=O)N2CCC[C@H](C(=O)O)C2)c(C)n1. The molecule has 0 saturated carbocycles. The second kappa shape index (κ2) is 7.37. The number of amides is 2. The first kappa shape index (κ1) is 17.8. The van der Waals surface area contributed by atoms with Crippen LogP contribution in [0.2, 0.25) is 0 Å². The van der Waals surface area contributed by atoms with Gasteiger partial charge in [-0.2, -0.15) is 0 Å². The molecule has 0 spiro atoms. The third kappa shape index (κ3) is 4.06. The van der Waals surface area contributed by atoms with E-state index in [4.69, 9.17) is 5.11 Å². The summed E-state index contributed by atoms with van der Waals surface area (Å²) in [7, 11) is 1.54. The zero-order valence-corrected chi connectivity index (χ0v) is 14.2. The molecule has 130 valence electrons. The molecule has 1 aliphatic rings. The number of carboxylic acids is 1. The van der Waals surface area contributed by atoms with Gasteiger partial charge in [0.15, 0.2) is 0 Å². The van der Waals surface area contributed by atoms with Crippen LogP contribution in [0.5, 0.6) is 0 Å². The first-order valence-corrected chi connectivity index (χ1v) is 7.86. The van der Waals surface area contributed by atoms with Crippen molar-refractivity contribution < 1.29 is 19.5 Å². The maximum absolute atomic E-state index is 12.4. The number of aryl methyl sites for hydroxylation is 2. The van der Waals surface area contributed by atoms with Gasteiger partial charge in [-0.3, -0.25) is 14.4 Å². The normalized spacial score (nSPS) is 17.5. The monoisotopic (exact) mass is 334 g/mol. The number of carboxylic acid groups (broad SMARTS) is 1. The van der Waals surface area contributed by atoms with Crippen LogP contribution >= 0.6 is 0 Å². The van der Waals surface area contributed by atoms with Crippen LogP contribution in [0.15, 0.2) is 6.20 Å². The van der Waals surface area contributed by atoms with E-state index in [-0.39, 0.29) is 24.9 Å². The molecule has 1 fully saturated rings. The van der Waals surface area contributed by atoms with Gasteiger partial charge >= 0.3 is 5.97 Å². The van der Waals surface area contributed by atoms with E-state index < -0.39 is 11.9 Å². The molecule has 8 heteroatoms. The summed E-state index contributed by atoms with van der Waals surface area (Å²) in [4.78, 5) is 46.9. The average molecular weight is 334 g/mol. The number of hydrogen-bond donors (Lipinski definition) is 1. The Morgan fingerprint density at radius 2 is 2.08 bits per heavy atom. The van der Waals surface area contributed by atoms with Crippen molar-refractivity contribution in [3.05, 3.63) is 23.3 Å². The molecule has 2 amide bonds. The minimum atomic E-state index is -0.885. The van der Waals surface area contributed by atoms with Gasteiger partial charge in [0.25, 0.3) is 5.91 Å². The predicted octanol–water partition coefficient (Wildman–Crippen LogP) is 0.489. The number of likely N-dealkylation sites (N-methyl/N-ethyl adjacent to an activating group) is 1. The van der Waals surface area contributed by atoms with Crippen LogP contribution in [-0.2, 0) is 9.59 Å². The Kier molecular flexibility index (Phi) is 5.48. The van der Waals surface area contributed by atoms with Crippen molar-refractivity contribution in [3.8, 4) is 0 Å². The molecule has 1 saturated heterocycles. The summed E-state index contributed by atoms with van der Waals surface area (Å²) in [6.07, 6.45) is 2.70. The van der Waals surface area contributed by atoms with Gasteiger partial charge in [-0.25, -0.2) is 9.97 Å². The molecular formula is C16H22N4O4. The van der Waals surface area contributed by atoms with Gasteiger partial charge in [-0.15, -0.1) is 0 Å². The van der Waals surface area contributed by atoms with Crippen LogP contribution < -0.4 is 0 Å². The number of hydrogen-bond acceptors (Lipinski definition) is 5. The fourth-order valence-electron chi connectivity index (χ4n) is 2.78. The van der Waals surface area contributed by atoms with E-state index in [0.717, 1.165) is 0 Å². The molecule has 1 aromatic rings. The van der Waals surface area contributed by atoms with Crippen LogP contribution in [-0.4, -0.2) is 69.3 Å². The summed E-state index contributed by atoms with van der Waals surface area (Å²) in [5, 5.41) is 9.09. The summed E-state index contributed by atoms with van der Waals surface area (Å²) in [6, 6.07) is 0. The number of aromatic nitrogens is 2. The van der Waals surface area contributed by atoms with Crippen LogP contribution in [0.1, 0.15) is 34.7 Å². The highest BCUT2D eigenvalue weighted by atomic mass is 16.4. The molecule has 1 N–H and O–H groups in total. The predicted molar refractivity (Wildman–Crippen MR) is 85.4 cm³/mol. The van der Waals surface area contributed by atoms with Crippen molar-refractivity contribution in [2.45, 2.75) is 26.7 Å². The van der Waals surface area contributed by atoms with Crippen LogP contribution in [0.25, 0.3) is 0 Å². The average Bonchev–Trinajstić information content (AvgIpc) is 2.54. The molecule has 1 aromatic heterocycles. The van der Waals surface area contributed by atoms with Gasteiger partial charge in [-0.05, 0) is 26.7 Å². The molecular weight excluding hydrogens is 312 g/mol. The van der Waals surface area contributed by atoms with Gasteiger partial charge in [0.2, 0.25) is 5.91 Å². The van der Waals surface area contributed by atoms with E-state index in [1.54, 1.807) is 13.8 Å². The summed E-state index contributed by atoms with van der Waals surface area (Å²) in [5.74, 6) is -1.41. The number of likely N-dealkylation sites (tertiary alicyclic amines) is 1. The zero-order valence-electron chi connectivity index (χ0n) is 14.2. The molecule has 2 rings (SSSR count). The highest BCUT2D eigenvalue weighted by molar-refractivity contribution is 5.97. The number of carbonyl (C=O) groups is 3. The minimum absolute atomic E-state index is 0.0987. The van der Waals surface area contributed by atoms with Gasteiger partial charge < -0.3 is 14.9 Å². The van der Waals surface area contributed by atoms with Crippen molar-refractivity contribution >= 4 is 17.8 Å². The van der Waals surface area contributed by atoms with Crippen LogP contribution in [0.3, 0.4) is 0 Å². The van der Waals surface area contributed by atoms with Gasteiger partial charge in [-0.1, -0.05) is 0 Å². The Labute approximate surface area is 140 Å². The Hall–Kier alpha value is -2.51. The molecule has 0 aliphatic carbocycles. The lowest BCUT2D eigenvalue weighted by Crippen LogP contribution is -2.47. The molecule has 1 atom stereocenters. The molecule has 0 bridgehead atoms. The van der Waals surface area contributed by atoms with Crippen LogP contribution in [0, 0.1) is 19.8 Å². The quantitative estimate of drug-likeness (QED) is 0.859. The van der Waals surface area contributed by atoms with Crippen molar-refractivity contribution in [1.82, 2.24) is 19.8 Å². The van der Waals surface area contributed by atoms with E-state index >= 15 is 0 Å². The fourth-order valence-corrected chi connectivity index (χ4v) is 2.78. The Morgan fingerprint density at radius 1 is 1.38 bits per heavy atom. The van der Waals surface area contributed by atoms with Crippen LogP contribution in [0.4, 0.5) is 0 Å². The maximum Gasteiger partial charge on any atom is 0.308 e. The summed E-state index contributed by atoms with van der Waals surface area (Å²) < 4.78 is 0. The van der Waals surface area contributed by atoms with Gasteiger partial charge in [0.1, 0.15) is 5.82 Å². The number of carbonyl (C=O) groups excluding carboxylic acids is 2. The van der Waals surface area contributed by atoms with E-state index in [2.05, 4.69) is 9.97 Å². The lowest BCUT2D eigenvalue weighted by atomic mass is 9.98. The molecule has 1 aliphatic heterocycles. The van der Waals surface area contributed by atoms with E-state index in [9.17, 15) is 14.4 Å². The lowest BCUT2D eigenvalue weighted by molar-refractivity contribution is -0.145. The van der Waals surface area contributed by atoms with Crippen molar-refractivity contribution in [2.75, 3.05) is 26.7 Å². The van der Waals surface area contributed by atoms with E-state index in [1.807, 2.05) is 0 Å². The first-order valence-electron chi connectivity index (χ1n) is 7.86. The molecule has 0 aromatic carbocycles. The van der Waals surface area contributed by atoms with E-state index in [0.29, 0.717) is 36.5 Å². The molecule has 0 unspecified atom stereocenters. The van der Waals surface area contributed by atoms with E-state index in [1.165, 1.54) is 23.0 Å². The topological polar surface area (TPSA) is 104 Å². The number of piperidine rings is 1. The molecule has 2 heterocycles. The second-order valence-corrected chi connectivity index (χ2v) is 6.09. The second-order valence-electron chi connectivity index (χ2n) is 6.09. The Morgan fingerprint density at radius 3 is 2.71 bits per heavy atom. The van der Waals surface area contributed by atoms with Gasteiger partial charge in [0, 0.05) is 26.3 Å². The lowest BCUT2D eigenvalue weighted by Gasteiger charge is -2.32. The number of aliphatic carboxylic acids is 1. The largest absolute Gasteiger partial charge is 0.481 e. The fraction of sp³-hybridized carbons (Fsp3) is 0.562. The standard InChI is InChI=1S/C16H22N4O4/c1-10-13(7-17-11(2)18-10)15(22)19(3)9-14(21)20-6-4-5-12(8-20)16(23)24/h7,12H,4-6,8-9H2,1-3H3,(H,23,24)/t12-/m0/s1. The highest BCUT2D eigenvalue weighted by Crippen LogP contribution is 2.17. The van der Waals surface area contributed by atoms with Crippen molar-refractivity contribution in [1.29, 1.82) is 0 Å². The Balaban J connectivity index is 2.00. The summed E-state index contributed by atoms with van der Waals surface area (Å²) in [5.41, 5.74) is 0.925. The summed E-state index contributed by atoms with van der Waals surface area (Å²) >= 11 is 0. The van der Waals surface area contributed by atoms with Crippen molar-refractivity contribution in [3.63, 3.8) is 0 Å². The highest BCUT2D eigenvalue weighted by Gasteiger charge is 2.29. The van der Waals surface area contributed by atoms with Gasteiger partial charge in [0.05, 0.1) is 23.7 Å². The Bertz CT molecular complexity index is 661.